The summed E-state index contributed by atoms with van der Waals surface area (Å²) in [6.45, 7) is 0.541. The van der Waals surface area contributed by atoms with Crippen molar-refractivity contribution < 1.29 is 9.47 Å². The zero-order chi connectivity index (χ0) is 11.5. The zero-order valence-electron chi connectivity index (χ0n) is 9.36. The third-order valence-corrected chi connectivity index (χ3v) is 2.54. The molecule has 2 aromatic rings. The van der Waals surface area contributed by atoms with Crippen LogP contribution in [0.3, 0.4) is 0 Å². The first-order valence-corrected chi connectivity index (χ1v) is 4.94. The Labute approximate surface area is 94.6 Å². The van der Waals surface area contributed by atoms with Crippen molar-refractivity contribution in [2.24, 2.45) is 0 Å². The molecule has 82 valence electrons. The van der Waals surface area contributed by atoms with Crippen molar-refractivity contribution in [2.75, 3.05) is 14.2 Å². The maximum absolute atomic E-state index is 5.32. The minimum Gasteiger partial charge on any atom is -0.497 e. The summed E-state index contributed by atoms with van der Waals surface area (Å²) >= 11 is 0. The number of hydrogen-bond donors (Lipinski definition) is 0. The highest BCUT2D eigenvalue weighted by molar-refractivity contribution is 5.88. The van der Waals surface area contributed by atoms with Crippen LogP contribution >= 0.6 is 0 Å². The van der Waals surface area contributed by atoms with Crippen LogP contribution in [0.15, 0.2) is 24.4 Å². The molecule has 0 atom stereocenters. The highest BCUT2D eigenvalue weighted by atomic mass is 16.5. The van der Waals surface area contributed by atoms with Crippen LogP contribution in [-0.2, 0) is 6.54 Å². The predicted molar refractivity (Wildman–Crippen MR) is 63.9 cm³/mol. The lowest BCUT2D eigenvalue weighted by molar-refractivity contribution is 0.398. The molecule has 0 unspecified atom stereocenters. The first kappa shape index (κ1) is 10.4. The monoisotopic (exact) mass is 215 g/mol. The maximum atomic E-state index is 5.32. The van der Waals surface area contributed by atoms with Gasteiger partial charge >= 0.3 is 0 Å². The molecule has 2 rings (SSSR count). The lowest BCUT2D eigenvalue weighted by Gasteiger charge is -2.07. The van der Waals surface area contributed by atoms with E-state index >= 15 is 0 Å². The summed E-state index contributed by atoms with van der Waals surface area (Å²) < 4.78 is 12.5. The van der Waals surface area contributed by atoms with Gasteiger partial charge in [-0.3, -0.25) is 0 Å². The fourth-order valence-corrected chi connectivity index (χ4v) is 1.76. The Morgan fingerprint density at radius 3 is 2.75 bits per heavy atom. The van der Waals surface area contributed by atoms with Crippen LogP contribution in [0.1, 0.15) is 0 Å². The van der Waals surface area contributed by atoms with Gasteiger partial charge in [-0.1, -0.05) is 5.92 Å². The van der Waals surface area contributed by atoms with Crippen molar-refractivity contribution in [1.29, 1.82) is 0 Å². The quantitative estimate of drug-likeness (QED) is 0.733. The molecule has 3 nitrogen and oxygen atoms in total. The average Bonchev–Trinajstić information content (AvgIpc) is 2.72. The smallest absolute Gasteiger partial charge is 0.131 e. The van der Waals surface area contributed by atoms with Crippen LogP contribution in [-0.4, -0.2) is 18.8 Å². The molecule has 0 saturated heterocycles. The molecule has 0 spiro atoms. The number of methoxy groups -OCH3 is 2. The third-order valence-electron chi connectivity index (χ3n) is 2.54. The van der Waals surface area contributed by atoms with Gasteiger partial charge in [-0.05, 0) is 6.07 Å². The lowest BCUT2D eigenvalue weighted by Crippen LogP contribution is -1.94. The van der Waals surface area contributed by atoms with Crippen LogP contribution in [0.25, 0.3) is 10.9 Å². The van der Waals surface area contributed by atoms with E-state index in [-0.39, 0.29) is 0 Å². The van der Waals surface area contributed by atoms with Gasteiger partial charge in [0.15, 0.2) is 0 Å². The number of hydrogen-bond acceptors (Lipinski definition) is 2. The number of fused-ring (bicyclic) bond motifs is 1. The Morgan fingerprint density at radius 1 is 1.31 bits per heavy atom. The number of ether oxygens (including phenoxy) is 2. The highest BCUT2D eigenvalue weighted by Gasteiger charge is 2.08. The molecule has 0 radical (unpaired) electrons. The van der Waals surface area contributed by atoms with E-state index in [1.807, 2.05) is 29.0 Å². The first-order chi connectivity index (χ1) is 7.80. The molecule has 0 saturated carbocycles. The van der Waals surface area contributed by atoms with Gasteiger partial charge in [0.05, 0.1) is 26.3 Å². The Kier molecular flexibility index (Phi) is 2.74. The average molecular weight is 215 g/mol. The van der Waals surface area contributed by atoms with E-state index in [2.05, 4.69) is 5.92 Å². The predicted octanol–water partition coefficient (Wildman–Crippen LogP) is 2.29. The molecule has 0 bridgehead atoms. The molecule has 0 aliphatic carbocycles. The standard InChI is InChI=1S/C13H13NO2/c1-4-6-14-7-5-11-12(14)8-10(15-2)9-13(11)16-3/h1,5,7-9H,6H2,2-3H3. The third kappa shape index (κ3) is 1.59. The maximum Gasteiger partial charge on any atom is 0.131 e. The van der Waals surface area contributed by atoms with E-state index < -0.39 is 0 Å². The normalized spacial score (nSPS) is 10.1. The van der Waals surface area contributed by atoms with E-state index in [0.29, 0.717) is 6.54 Å². The van der Waals surface area contributed by atoms with E-state index in [9.17, 15) is 0 Å². The second-order valence-corrected chi connectivity index (χ2v) is 3.41. The fraction of sp³-hybridized carbons (Fsp3) is 0.231. The number of aromatic nitrogens is 1. The van der Waals surface area contributed by atoms with Gasteiger partial charge in [0.25, 0.3) is 0 Å². The Hall–Kier alpha value is -2.08. The summed E-state index contributed by atoms with van der Waals surface area (Å²) in [6, 6.07) is 5.81. The topological polar surface area (TPSA) is 23.4 Å². The molecular formula is C13H13NO2. The molecule has 0 aliphatic rings. The van der Waals surface area contributed by atoms with Gasteiger partial charge in [0, 0.05) is 23.7 Å². The number of nitrogens with zero attached hydrogens (tertiary/aromatic N) is 1. The molecule has 1 aromatic carbocycles. The zero-order valence-corrected chi connectivity index (χ0v) is 9.36. The summed E-state index contributed by atoms with van der Waals surface area (Å²) in [5, 5.41) is 1.04. The highest BCUT2D eigenvalue weighted by Crippen LogP contribution is 2.31. The minimum absolute atomic E-state index is 0.541. The van der Waals surface area contributed by atoms with E-state index in [1.165, 1.54) is 0 Å². The Morgan fingerprint density at radius 2 is 2.12 bits per heavy atom. The molecule has 0 N–H and O–H groups in total. The molecule has 0 fully saturated rings. The summed E-state index contributed by atoms with van der Waals surface area (Å²) in [7, 11) is 3.28. The van der Waals surface area contributed by atoms with E-state index in [0.717, 1.165) is 22.4 Å². The van der Waals surface area contributed by atoms with E-state index in [1.54, 1.807) is 14.2 Å². The number of rotatable bonds is 3. The summed E-state index contributed by atoms with van der Waals surface area (Å²) in [5.74, 6) is 4.18. The van der Waals surface area contributed by atoms with Gasteiger partial charge in [-0.25, -0.2) is 0 Å². The second kappa shape index (κ2) is 4.19. The van der Waals surface area contributed by atoms with Crippen molar-refractivity contribution in [3.05, 3.63) is 24.4 Å². The number of benzene rings is 1. The Balaban J connectivity index is 2.67. The van der Waals surface area contributed by atoms with Crippen LogP contribution in [0.5, 0.6) is 11.5 Å². The largest absolute Gasteiger partial charge is 0.497 e. The lowest BCUT2D eigenvalue weighted by atomic mass is 10.2. The Bertz CT molecular complexity index is 549. The molecule has 1 aromatic heterocycles. The van der Waals surface area contributed by atoms with Crippen LogP contribution in [0.2, 0.25) is 0 Å². The summed E-state index contributed by atoms with van der Waals surface area (Å²) in [6.07, 6.45) is 7.27. The first-order valence-electron chi connectivity index (χ1n) is 4.94. The van der Waals surface area contributed by atoms with Crippen LogP contribution in [0, 0.1) is 12.3 Å². The van der Waals surface area contributed by atoms with Crippen molar-refractivity contribution in [3.8, 4) is 23.8 Å². The van der Waals surface area contributed by atoms with Crippen molar-refractivity contribution in [3.63, 3.8) is 0 Å². The summed E-state index contributed by atoms with van der Waals surface area (Å²) in [5.41, 5.74) is 1.02. The molecule has 1 heterocycles. The molecule has 3 heteroatoms. The molecule has 0 amide bonds. The minimum atomic E-state index is 0.541. The van der Waals surface area contributed by atoms with Crippen LogP contribution in [0.4, 0.5) is 0 Å². The van der Waals surface area contributed by atoms with Gasteiger partial charge in [0.2, 0.25) is 0 Å². The number of terminal acetylenes is 1. The van der Waals surface area contributed by atoms with Gasteiger partial charge in [-0.15, -0.1) is 6.42 Å². The van der Waals surface area contributed by atoms with Gasteiger partial charge in [0.1, 0.15) is 11.5 Å². The van der Waals surface area contributed by atoms with Gasteiger partial charge in [-0.2, -0.15) is 0 Å². The SMILES string of the molecule is C#CCn1ccc2c(OC)cc(OC)cc21. The second-order valence-electron chi connectivity index (χ2n) is 3.41. The van der Waals surface area contributed by atoms with Gasteiger partial charge < -0.3 is 14.0 Å². The van der Waals surface area contributed by atoms with Crippen LogP contribution < -0.4 is 9.47 Å². The fourth-order valence-electron chi connectivity index (χ4n) is 1.76. The molecular weight excluding hydrogens is 202 g/mol. The molecule has 16 heavy (non-hydrogen) atoms. The molecule has 0 aliphatic heterocycles. The van der Waals surface area contributed by atoms with Crippen molar-refractivity contribution in [2.45, 2.75) is 6.54 Å². The van der Waals surface area contributed by atoms with Crippen molar-refractivity contribution in [1.82, 2.24) is 4.57 Å². The van der Waals surface area contributed by atoms with E-state index in [4.69, 9.17) is 15.9 Å². The van der Waals surface area contributed by atoms with Crippen molar-refractivity contribution >= 4 is 10.9 Å². The summed E-state index contributed by atoms with van der Waals surface area (Å²) in [4.78, 5) is 0.